The Morgan fingerprint density at radius 1 is 1.32 bits per heavy atom. The van der Waals surface area contributed by atoms with Crippen molar-refractivity contribution in [2.24, 2.45) is 0 Å². The van der Waals surface area contributed by atoms with Crippen LogP contribution in [0.25, 0.3) is 0 Å². The van der Waals surface area contributed by atoms with Gasteiger partial charge in [-0.1, -0.05) is 24.3 Å². The molecule has 0 spiro atoms. The maximum Gasteiger partial charge on any atom is 0.227 e. The Balaban J connectivity index is 1.49. The predicted octanol–water partition coefficient (Wildman–Crippen LogP) is 3.53. The lowest BCUT2D eigenvalue weighted by atomic mass is 9.96. The van der Waals surface area contributed by atoms with Gasteiger partial charge in [0.1, 0.15) is 5.82 Å². The van der Waals surface area contributed by atoms with Crippen molar-refractivity contribution in [1.82, 2.24) is 19.7 Å². The average molecular weight is 356 g/mol. The fraction of sp³-hybridized carbons (Fsp3) is 0.526. The van der Waals surface area contributed by atoms with Crippen LogP contribution in [0, 0.1) is 11.7 Å². The zero-order valence-electron chi connectivity index (χ0n) is 14.6. The molecule has 6 heteroatoms. The van der Waals surface area contributed by atoms with Crippen LogP contribution in [0.3, 0.4) is 0 Å². The van der Waals surface area contributed by atoms with Gasteiger partial charge in [-0.15, -0.1) is 0 Å². The SMILES string of the molecule is Cc1ccccc1CC(=O)N1CCC[C@@H](c2n[nH]c(=S)n2C2CC2)C1. The van der Waals surface area contributed by atoms with Crippen LogP contribution in [0.1, 0.15) is 54.6 Å². The van der Waals surface area contributed by atoms with E-state index in [1.165, 1.54) is 18.4 Å². The van der Waals surface area contributed by atoms with Crippen molar-refractivity contribution < 1.29 is 4.79 Å². The number of H-pyrrole nitrogens is 1. The standard InChI is InChI=1S/C19H24N4OS/c1-13-5-2-3-6-14(13)11-17(24)22-10-4-7-15(12-22)18-20-21-19(25)23(18)16-8-9-16/h2-3,5-6,15-16H,4,7-12H2,1H3,(H,21,25)/t15-/m1/s1. The minimum absolute atomic E-state index is 0.214. The Bertz CT molecular complexity index is 836. The van der Waals surface area contributed by atoms with Crippen molar-refractivity contribution in [3.8, 4) is 0 Å². The summed E-state index contributed by atoms with van der Waals surface area (Å²) in [5.41, 5.74) is 2.30. The normalized spacial score (nSPS) is 20.7. The molecule has 2 aliphatic rings. The third kappa shape index (κ3) is 3.40. The molecule has 1 saturated carbocycles. The molecule has 4 rings (SSSR count). The fourth-order valence-electron chi connectivity index (χ4n) is 3.79. The summed E-state index contributed by atoms with van der Waals surface area (Å²) < 4.78 is 2.91. The second-order valence-electron chi connectivity index (χ2n) is 7.27. The van der Waals surface area contributed by atoms with E-state index in [2.05, 4.69) is 27.8 Å². The number of aromatic amines is 1. The van der Waals surface area contributed by atoms with Gasteiger partial charge in [-0.2, -0.15) is 5.10 Å². The Hall–Kier alpha value is -1.95. The number of aromatic nitrogens is 3. The molecule has 0 unspecified atom stereocenters. The lowest BCUT2D eigenvalue weighted by molar-refractivity contribution is -0.131. The Morgan fingerprint density at radius 3 is 2.88 bits per heavy atom. The highest BCUT2D eigenvalue weighted by Crippen LogP contribution is 2.38. The van der Waals surface area contributed by atoms with Gasteiger partial charge in [-0.25, -0.2) is 0 Å². The van der Waals surface area contributed by atoms with Crippen molar-refractivity contribution in [3.63, 3.8) is 0 Å². The molecule has 0 radical (unpaired) electrons. The molecule has 5 nitrogen and oxygen atoms in total. The molecule has 2 heterocycles. The minimum atomic E-state index is 0.214. The number of carbonyl (C=O) groups excluding carboxylic acids is 1. The molecular formula is C19H24N4OS. The Labute approximate surface area is 153 Å². The number of nitrogens with one attached hydrogen (secondary N) is 1. The fourth-order valence-corrected chi connectivity index (χ4v) is 4.08. The number of amides is 1. The van der Waals surface area contributed by atoms with Crippen LogP contribution in [-0.4, -0.2) is 38.7 Å². The van der Waals surface area contributed by atoms with Gasteiger partial charge in [0, 0.05) is 25.0 Å². The molecule has 1 atom stereocenters. The summed E-state index contributed by atoms with van der Waals surface area (Å²) in [6, 6.07) is 8.64. The molecule has 1 amide bonds. The summed E-state index contributed by atoms with van der Waals surface area (Å²) in [4.78, 5) is 14.8. The molecule has 1 saturated heterocycles. The predicted molar refractivity (Wildman–Crippen MR) is 99.1 cm³/mol. The molecule has 0 bridgehead atoms. The molecule has 1 N–H and O–H groups in total. The van der Waals surface area contributed by atoms with Crippen molar-refractivity contribution in [3.05, 3.63) is 46.0 Å². The monoisotopic (exact) mass is 356 g/mol. The number of aryl methyl sites for hydroxylation is 1. The third-order valence-electron chi connectivity index (χ3n) is 5.39. The second-order valence-corrected chi connectivity index (χ2v) is 7.66. The van der Waals surface area contributed by atoms with Crippen molar-refractivity contribution >= 4 is 18.1 Å². The third-order valence-corrected chi connectivity index (χ3v) is 5.67. The van der Waals surface area contributed by atoms with E-state index in [-0.39, 0.29) is 11.8 Å². The van der Waals surface area contributed by atoms with Crippen molar-refractivity contribution in [1.29, 1.82) is 0 Å². The highest BCUT2D eigenvalue weighted by Gasteiger charge is 2.33. The van der Waals surface area contributed by atoms with E-state index in [1.807, 2.05) is 23.1 Å². The van der Waals surface area contributed by atoms with Crippen LogP contribution in [0.2, 0.25) is 0 Å². The van der Waals surface area contributed by atoms with Gasteiger partial charge in [0.25, 0.3) is 0 Å². The van der Waals surface area contributed by atoms with Gasteiger partial charge in [-0.3, -0.25) is 9.89 Å². The van der Waals surface area contributed by atoms with E-state index in [0.29, 0.717) is 12.5 Å². The number of carbonyl (C=O) groups is 1. The Morgan fingerprint density at radius 2 is 2.12 bits per heavy atom. The van der Waals surface area contributed by atoms with Gasteiger partial charge in [0.05, 0.1) is 6.42 Å². The zero-order chi connectivity index (χ0) is 17.4. The topological polar surface area (TPSA) is 53.9 Å². The molecule has 1 aromatic carbocycles. The van der Waals surface area contributed by atoms with E-state index in [1.54, 1.807) is 0 Å². The van der Waals surface area contributed by atoms with Crippen LogP contribution < -0.4 is 0 Å². The number of rotatable bonds is 4. The first kappa shape index (κ1) is 16.5. The number of nitrogens with zero attached hydrogens (tertiary/aromatic N) is 3. The van der Waals surface area contributed by atoms with Crippen LogP contribution in [0.15, 0.2) is 24.3 Å². The number of benzene rings is 1. The van der Waals surface area contributed by atoms with Gasteiger partial charge >= 0.3 is 0 Å². The molecule has 25 heavy (non-hydrogen) atoms. The maximum atomic E-state index is 12.8. The smallest absolute Gasteiger partial charge is 0.227 e. The average Bonchev–Trinajstić information content (AvgIpc) is 3.39. The first-order valence-electron chi connectivity index (χ1n) is 9.12. The first-order valence-corrected chi connectivity index (χ1v) is 9.53. The largest absolute Gasteiger partial charge is 0.342 e. The first-order chi connectivity index (χ1) is 12.1. The maximum absolute atomic E-state index is 12.8. The highest BCUT2D eigenvalue weighted by atomic mass is 32.1. The van der Waals surface area contributed by atoms with Crippen LogP contribution in [0.4, 0.5) is 0 Å². The molecule has 1 aromatic heterocycles. The van der Waals surface area contributed by atoms with E-state index < -0.39 is 0 Å². The summed E-state index contributed by atoms with van der Waals surface area (Å²) in [5, 5.41) is 7.46. The summed E-state index contributed by atoms with van der Waals surface area (Å²) >= 11 is 5.40. The number of likely N-dealkylation sites (tertiary alicyclic amines) is 1. The van der Waals surface area contributed by atoms with Crippen LogP contribution >= 0.6 is 12.2 Å². The number of hydrogen-bond acceptors (Lipinski definition) is 3. The second kappa shape index (κ2) is 6.75. The molecule has 2 aromatic rings. The summed E-state index contributed by atoms with van der Waals surface area (Å²) in [7, 11) is 0. The lowest BCUT2D eigenvalue weighted by Crippen LogP contribution is -2.40. The van der Waals surface area contributed by atoms with Crippen LogP contribution in [-0.2, 0) is 11.2 Å². The van der Waals surface area contributed by atoms with Gasteiger partial charge in [0.15, 0.2) is 4.77 Å². The van der Waals surface area contributed by atoms with Crippen molar-refractivity contribution in [2.75, 3.05) is 13.1 Å². The Kier molecular flexibility index (Phi) is 4.46. The molecule has 132 valence electrons. The van der Waals surface area contributed by atoms with E-state index in [4.69, 9.17) is 12.2 Å². The highest BCUT2D eigenvalue weighted by molar-refractivity contribution is 7.71. The molecular weight excluding hydrogens is 332 g/mol. The number of piperidine rings is 1. The lowest BCUT2D eigenvalue weighted by Gasteiger charge is -2.32. The minimum Gasteiger partial charge on any atom is -0.342 e. The van der Waals surface area contributed by atoms with E-state index in [0.717, 1.165) is 42.1 Å². The van der Waals surface area contributed by atoms with Gasteiger partial charge in [0.2, 0.25) is 5.91 Å². The quantitative estimate of drug-likeness (QED) is 0.853. The van der Waals surface area contributed by atoms with E-state index >= 15 is 0 Å². The summed E-state index contributed by atoms with van der Waals surface area (Å²) in [6.45, 7) is 3.65. The van der Waals surface area contributed by atoms with Gasteiger partial charge < -0.3 is 9.47 Å². The molecule has 1 aliphatic carbocycles. The van der Waals surface area contributed by atoms with Crippen molar-refractivity contribution in [2.45, 2.75) is 51.0 Å². The molecule has 2 fully saturated rings. The zero-order valence-corrected chi connectivity index (χ0v) is 15.4. The summed E-state index contributed by atoms with van der Waals surface area (Å²) in [6.07, 6.45) is 4.94. The summed E-state index contributed by atoms with van der Waals surface area (Å²) in [5.74, 6) is 1.54. The van der Waals surface area contributed by atoms with E-state index in [9.17, 15) is 4.79 Å². The van der Waals surface area contributed by atoms with Gasteiger partial charge in [-0.05, 0) is 56.0 Å². The molecule has 1 aliphatic heterocycles. The van der Waals surface area contributed by atoms with Crippen LogP contribution in [0.5, 0.6) is 0 Å². The number of hydrogen-bond donors (Lipinski definition) is 1.